The van der Waals surface area contributed by atoms with E-state index in [0.29, 0.717) is 34.0 Å². The molecule has 9 nitrogen and oxygen atoms in total. The highest BCUT2D eigenvalue weighted by Crippen LogP contribution is 2.30. The van der Waals surface area contributed by atoms with Gasteiger partial charge in [0.05, 0.1) is 17.3 Å². The Kier molecular flexibility index (Phi) is 5.50. The molecule has 0 bridgehead atoms. The first-order valence-electron chi connectivity index (χ1n) is 11.2. The molecule has 4 aromatic heterocycles. The zero-order chi connectivity index (χ0) is 24.7. The third kappa shape index (κ3) is 4.46. The third-order valence-electron chi connectivity index (χ3n) is 5.66. The number of nitrogens with zero attached hydrogens (tertiary/aromatic N) is 6. The number of aromatic amines is 1. The Hall–Kier alpha value is -4.21. The van der Waals surface area contributed by atoms with Gasteiger partial charge in [-0.25, -0.2) is 14.4 Å². The van der Waals surface area contributed by atoms with E-state index in [2.05, 4.69) is 30.2 Å². The Morgan fingerprint density at radius 1 is 1.17 bits per heavy atom. The van der Waals surface area contributed by atoms with Gasteiger partial charge in [0.25, 0.3) is 5.89 Å². The van der Waals surface area contributed by atoms with E-state index < -0.39 is 5.82 Å². The summed E-state index contributed by atoms with van der Waals surface area (Å²) in [6, 6.07) is 6.79. The van der Waals surface area contributed by atoms with Crippen molar-refractivity contribution in [1.82, 2.24) is 34.9 Å². The first kappa shape index (κ1) is 22.6. The van der Waals surface area contributed by atoms with Crippen LogP contribution >= 0.6 is 0 Å². The van der Waals surface area contributed by atoms with Crippen LogP contribution in [0.2, 0.25) is 0 Å². The van der Waals surface area contributed by atoms with Gasteiger partial charge in [0, 0.05) is 36.8 Å². The lowest BCUT2D eigenvalue weighted by Gasteiger charge is -2.10. The number of hydrogen-bond acceptors (Lipinski definition) is 7. The number of aromatic nitrogens is 7. The molecule has 0 atom stereocenters. The van der Waals surface area contributed by atoms with Gasteiger partial charge in [-0.3, -0.25) is 9.48 Å². The molecule has 5 aromatic rings. The molecule has 5 rings (SSSR count). The molecular formula is C25H24FN7O2. The highest BCUT2D eigenvalue weighted by Gasteiger charge is 2.24. The SMILES string of the molecule is Cn1cc(-c2nc3nccc(-c4ccc(CCC(=O)c5nnc(C(C)(C)C)o5)c(F)c4)c3[nH]2)cn1. The zero-order valence-electron chi connectivity index (χ0n) is 19.8. The number of nitrogens with one attached hydrogen (secondary N) is 1. The van der Waals surface area contributed by atoms with Gasteiger partial charge in [0.15, 0.2) is 5.65 Å². The monoisotopic (exact) mass is 473 g/mol. The molecule has 0 radical (unpaired) electrons. The van der Waals surface area contributed by atoms with E-state index in [1.807, 2.05) is 46.1 Å². The number of fused-ring (bicyclic) bond motifs is 1. The quantitative estimate of drug-likeness (QED) is 0.357. The van der Waals surface area contributed by atoms with Crippen LogP contribution in [-0.4, -0.2) is 40.7 Å². The van der Waals surface area contributed by atoms with Crippen molar-refractivity contribution in [2.75, 3.05) is 0 Å². The lowest BCUT2D eigenvalue weighted by Crippen LogP contribution is -2.11. The van der Waals surface area contributed by atoms with Gasteiger partial charge < -0.3 is 9.40 Å². The van der Waals surface area contributed by atoms with Crippen LogP contribution in [0.3, 0.4) is 0 Å². The standard InChI is InChI=1S/C25H24FN7O2/c1-25(2,3)24-32-31-23(35-24)19(34)8-7-14-5-6-15(11-18(14)26)17-9-10-27-22-20(17)29-21(30-22)16-12-28-33(4)13-16/h5-6,9-13H,7-8H2,1-4H3,(H,27,29,30). The maximum atomic E-state index is 15.0. The van der Waals surface area contributed by atoms with Gasteiger partial charge in [-0.05, 0) is 29.7 Å². The van der Waals surface area contributed by atoms with Crippen LogP contribution in [0.5, 0.6) is 0 Å². The lowest BCUT2D eigenvalue weighted by atomic mass is 9.97. The molecule has 0 aliphatic rings. The number of halogens is 1. The minimum atomic E-state index is -0.395. The Morgan fingerprint density at radius 3 is 2.69 bits per heavy atom. The molecule has 35 heavy (non-hydrogen) atoms. The molecule has 0 unspecified atom stereocenters. The van der Waals surface area contributed by atoms with Crippen molar-refractivity contribution in [2.45, 2.75) is 39.0 Å². The van der Waals surface area contributed by atoms with E-state index in [1.165, 1.54) is 6.07 Å². The second-order valence-corrected chi connectivity index (χ2v) is 9.44. The average Bonchev–Trinajstić information content (AvgIpc) is 3.56. The second kappa shape index (κ2) is 8.53. The maximum absolute atomic E-state index is 15.0. The topological polar surface area (TPSA) is 115 Å². The Balaban J connectivity index is 1.36. The van der Waals surface area contributed by atoms with Gasteiger partial charge in [-0.2, -0.15) is 5.10 Å². The fourth-order valence-electron chi connectivity index (χ4n) is 3.74. The van der Waals surface area contributed by atoms with Crippen molar-refractivity contribution in [2.24, 2.45) is 7.05 Å². The number of benzene rings is 1. The fraction of sp³-hybridized carbons (Fsp3) is 0.280. The number of carbonyl (C=O) groups excluding carboxylic acids is 1. The summed E-state index contributed by atoms with van der Waals surface area (Å²) in [4.78, 5) is 24.6. The van der Waals surface area contributed by atoms with E-state index in [0.717, 1.165) is 11.1 Å². The molecule has 178 valence electrons. The average molecular weight is 474 g/mol. The van der Waals surface area contributed by atoms with Gasteiger partial charge in [0.1, 0.15) is 11.6 Å². The molecule has 0 aliphatic carbocycles. The van der Waals surface area contributed by atoms with Crippen LogP contribution in [0.15, 0.2) is 47.3 Å². The van der Waals surface area contributed by atoms with Crippen LogP contribution in [0.1, 0.15) is 49.3 Å². The molecule has 1 N–H and O–H groups in total. The van der Waals surface area contributed by atoms with Gasteiger partial charge in [-0.1, -0.05) is 32.9 Å². The second-order valence-electron chi connectivity index (χ2n) is 9.44. The van der Waals surface area contributed by atoms with Crippen LogP contribution in [0, 0.1) is 5.82 Å². The van der Waals surface area contributed by atoms with Crippen LogP contribution < -0.4 is 0 Å². The number of hydrogen-bond donors (Lipinski definition) is 1. The summed E-state index contributed by atoms with van der Waals surface area (Å²) in [6.07, 6.45) is 5.50. The molecular weight excluding hydrogens is 449 g/mol. The lowest BCUT2D eigenvalue weighted by molar-refractivity contribution is 0.0945. The predicted octanol–water partition coefficient (Wildman–Crippen LogP) is 4.66. The first-order valence-corrected chi connectivity index (χ1v) is 11.2. The Labute approximate surface area is 200 Å². The number of H-pyrrole nitrogens is 1. The van der Waals surface area contributed by atoms with Gasteiger partial charge in [-0.15, -0.1) is 10.2 Å². The first-order chi connectivity index (χ1) is 16.7. The summed E-state index contributed by atoms with van der Waals surface area (Å²) >= 11 is 0. The summed E-state index contributed by atoms with van der Waals surface area (Å²) in [6.45, 7) is 5.77. The van der Waals surface area contributed by atoms with E-state index in [9.17, 15) is 4.79 Å². The van der Waals surface area contributed by atoms with Crippen molar-refractivity contribution in [3.05, 3.63) is 66.0 Å². The van der Waals surface area contributed by atoms with E-state index in [4.69, 9.17) is 4.42 Å². The predicted molar refractivity (Wildman–Crippen MR) is 127 cm³/mol. The fourth-order valence-corrected chi connectivity index (χ4v) is 3.74. The molecule has 1 aromatic carbocycles. The number of rotatable bonds is 6. The Morgan fingerprint density at radius 2 is 2.00 bits per heavy atom. The number of pyridine rings is 1. The number of imidazole rings is 1. The molecule has 0 saturated carbocycles. The van der Waals surface area contributed by atoms with Crippen molar-refractivity contribution in [3.8, 4) is 22.5 Å². The summed E-state index contributed by atoms with van der Waals surface area (Å²) in [5.74, 6) is 0.278. The summed E-state index contributed by atoms with van der Waals surface area (Å²) in [5, 5.41) is 12.0. The molecule has 0 saturated heterocycles. The van der Waals surface area contributed by atoms with Crippen molar-refractivity contribution in [3.63, 3.8) is 0 Å². The number of aryl methyl sites for hydroxylation is 2. The van der Waals surface area contributed by atoms with E-state index in [-0.39, 0.29) is 29.9 Å². The van der Waals surface area contributed by atoms with Crippen LogP contribution in [0.4, 0.5) is 4.39 Å². The van der Waals surface area contributed by atoms with Gasteiger partial charge in [0.2, 0.25) is 11.7 Å². The summed E-state index contributed by atoms with van der Waals surface area (Å²) in [7, 11) is 1.83. The highest BCUT2D eigenvalue weighted by molar-refractivity contribution is 5.92. The Bertz CT molecular complexity index is 1540. The normalized spacial score (nSPS) is 11.9. The summed E-state index contributed by atoms with van der Waals surface area (Å²) in [5.41, 5.74) is 3.62. The third-order valence-corrected chi connectivity index (χ3v) is 5.66. The zero-order valence-corrected chi connectivity index (χ0v) is 19.8. The van der Waals surface area contributed by atoms with E-state index >= 15 is 4.39 Å². The molecule has 0 spiro atoms. The van der Waals surface area contributed by atoms with Crippen molar-refractivity contribution >= 4 is 16.9 Å². The molecule has 0 amide bonds. The maximum Gasteiger partial charge on any atom is 0.284 e. The number of ketones is 1. The highest BCUT2D eigenvalue weighted by atomic mass is 19.1. The number of carbonyl (C=O) groups is 1. The molecule has 0 fully saturated rings. The minimum Gasteiger partial charge on any atom is -0.418 e. The minimum absolute atomic E-state index is 0.0465. The van der Waals surface area contributed by atoms with Crippen molar-refractivity contribution in [1.29, 1.82) is 0 Å². The van der Waals surface area contributed by atoms with E-state index in [1.54, 1.807) is 23.1 Å². The van der Waals surface area contributed by atoms with Gasteiger partial charge >= 0.3 is 0 Å². The smallest absolute Gasteiger partial charge is 0.284 e. The largest absolute Gasteiger partial charge is 0.418 e. The molecule has 0 aliphatic heterocycles. The molecule has 10 heteroatoms. The molecule has 4 heterocycles. The summed E-state index contributed by atoms with van der Waals surface area (Å²) < 4.78 is 22.2. The van der Waals surface area contributed by atoms with Crippen LogP contribution in [-0.2, 0) is 18.9 Å². The number of Topliss-reactive ketones (excluding diaryl/α,β-unsaturated/α-hetero) is 1. The van der Waals surface area contributed by atoms with Crippen molar-refractivity contribution < 1.29 is 13.6 Å². The van der Waals surface area contributed by atoms with Crippen LogP contribution in [0.25, 0.3) is 33.7 Å².